The van der Waals surface area contributed by atoms with Crippen molar-refractivity contribution >= 4 is 11.8 Å². The average Bonchev–Trinajstić information content (AvgIpc) is 2.38. The number of methoxy groups -OCH3 is 1. The van der Waals surface area contributed by atoms with Gasteiger partial charge in [0, 0.05) is 11.0 Å². The molecule has 2 rings (SSSR count). The minimum atomic E-state index is -0.150. The largest absolute Gasteiger partial charge is 0.490 e. The lowest BCUT2D eigenvalue weighted by molar-refractivity contribution is 0.381. The number of hydrogen-bond donors (Lipinski definition) is 0. The van der Waals surface area contributed by atoms with Crippen molar-refractivity contribution in [3.05, 3.63) is 58.1 Å². The van der Waals surface area contributed by atoms with E-state index in [-0.39, 0.29) is 11.2 Å². The number of rotatable bonds is 4. The third kappa shape index (κ3) is 3.17. The Morgan fingerprint density at radius 3 is 2.61 bits per heavy atom. The first kappa shape index (κ1) is 12.8. The van der Waals surface area contributed by atoms with Gasteiger partial charge in [0.25, 0.3) is 0 Å². The van der Waals surface area contributed by atoms with Crippen molar-refractivity contribution in [3.8, 4) is 5.75 Å². The lowest BCUT2D eigenvalue weighted by Crippen LogP contribution is -2.04. The molecule has 0 spiro atoms. The number of aryl methyl sites for hydroxylation is 1. The van der Waals surface area contributed by atoms with Crippen LogP contribution in [0.2, 0.25) is 0 Å². The zero-order valence-electron chi connectivity index (χ0n) is 10.3. The van der Waals surface area contributed by atoms with Crippen molar-refractivity contribution in [1.82, 2.24) is 0 Å². The van der Waals surface area contributed by atoms with E-state index in [0.717, 1.165) is 4.90 Å². The normalized spacial score (nSPS) is 10.3. The van der Waals surface area contributed by atoms with Crippen LogP contribution in [0.1, 0.15) is 11.3 Å². The van der Waals surface area contributed by atoms with Gasteiger partial charge in [-0.25, -0.2) is 0 Å². The smallest absolute Gasteiger partial charge is 0.227 e. The van der Waals surface area contributed by atoms with Crippen LogP contribution in [0.3, 0.4) is 0 Å². The topological polar surface area (TPSA) is 39.4 Å². The molecule has 0 saturated heterocycles. The van der Waals surface area contributed by atoms with Crippen molar-refractivity contribution in [2.24, 2.45) is 0 Å². The predicted octanol–water partition coefficient (Wildman–Crippen LogP) is 3.25. The molecule has 2 aromatic rings. The van der Waals surface area contributed by atoms with Gasteiger partial charge >= 0.3 is 0 Å². The number of thioether (sulfide) groups is 1. The summed E-state index contributed by atoms with van der Waals surface area (Å²) in [5.74, 6) is 1.51. The van der Waals surface area contributed by atoms with Crippen LogP contribution in [0.4, 0.5) is 0 Å². The predicted molar refractivity (Wildman–Crippen MR) is 72.3 cm³/mol. The van der Waals surface area contributed by atoms with Crippen LogP contribution >= 0.6 is 11.8 Å². The van der Waals surface area contributed by atoms with E-state index >= 15 is 0 Å². The summed E-state index contributed by atoms with van der Waals surface area (Å²) in [6.07, 6.45) is 1.35. The Balaban J connectivity index is 2.04. The van der Waals surface area contributed by atoms with E-state index in [2.05, 4.69) is 31.2 Å². The second kappa shape index (κ2) is 5.78. The quantitative estimate of drug-likeness (QED) is 0.793. The first-order chi connectivity index (χ1) is 8.69. The van der Waals surface area contributed by atoms with E-state index in [4.69, 9.17) is 9.15 Å². The van der Waals surface area contributed by atoms with E-state index in [1.165, 1.54) is 25.0 Å². The van der Waals surface area contributed by atoms with Gasteiger partial charge in [-0.3, -0.25) is 4.79 Å². The third-order valence-electron chi connectivity index (χ3n) is 2.47. The van der Waals surface area contributed by atoms with Crippen LogP contribution in [0.15, 0.2) is 50.7 Å². The molecule has 18 heavy (non-hydrogen) atoms. The SMILES string of the molecule is COc1coc(CSc2ccc(C)cc2)cc1=O. The molecule has 0 radical (unpaired) electrons. The minimum absolute atomic E-state index is 0.150. The van der Waals surface area contributed by atoms with Crippen molar-refractivity contribution in [1.29, 1.82) is 0 Å². The van der Waals surface area contributed by atoms with Crippen molar-refractivity contribution in [3.63, 3.8) is 0 Å². The Kier molecular flexibility index (Phi) is 4.10. The maximum atomic E-state index is 11.5. The summed E-state index contributed by atoms with van der Waals surface area (Å²) in [4.78, 5) is 12.7. The molecule has 1 aromatic carbocycles. The molecule has 94 valence electrons. The Morgan fingerprint density at radius 2 is 2.00 bits per heavy atom. The molecular formula is C14H14O3S. The van der Waals surface area contributed by atoms with Crippen molar-refractivity contribution < 1.29 is 9.15 Å². The van der Waals surface area contributed by atoms with Crippen LogP contribution in [-0.4, -0.2) is 7.11 Å². The van der Waals surface area contributed by atoms with E-state index in [0.29, 0.717) is 11.5 Å². The van der Waals surface area contributed by atoms with Gasteiger partial charge in [-0.1, -0.05) is 17.7 Å². The molecule has 0 fully saturated rings. The molecule has 0 atom stereocenters. The maximum Gasteiger partial charge on any atom is 0.227 e. The second-order valence-corrected chi connectivity index (χ2v) is 4.93. The summed E-state index contributed by atoms with van der Waals surface area (Å²) >= 11 is 1.63. The number of ether oxygens (including phenoxy) is 1. The van der Waals surface area contributed by atoms with E-state index in [1.54, 1.807) is 11.8 Å². The van der Waals surface area contributed by atoms with Gasteiger partial charge < -0.3 is 9.15 Å². The number of benzene rings is 1. The zero-order valence-corrected chi connectivity index (χ0v) is 11.1. The number of hydrogen-bond acceptors (Lipinski definition) is 4. The highest BCUT2D eigenvalue weighted by Crippen LogP contribution is 2.22. The Labute approximate surface area is 110 Å². The fourth-order valence-corrected chi connectivity index (χ4v) is 2.24. The lowest BCUT2D eigenvalue weighted by atomic mass is 10.2. The Morgan fingerprint density at radius 1 is 1.28 bits per heavy atom. The standard InChI is InChI=1S/C14H14O3S/c1-10-3-5-12(6-4-10)18-9-11-7-13(15)14(16-2)8-17-11/h3-8H,9H2,1-2H3. The second-order valence-electron chi connectivity index (χ2n) is 3.88. The van der Waals surface area contributed by atoms with Crippen LogP contribution in [0.5, 0.6) is 5.75 Å². The Hall–Kier alpha value is -1.68. The molecule has 0 aliphatic heterocycles. The molecule has 0 amide bonds. The van der Waals surface area contributed by atoms with Gasteiger partial charge in [-0.15, -0.1) is 11.8 Å². The van der Waals surface area contributed by atoms with Gasteiger partial charge in [0.1, 0.15) is 12.0 Å². The molecule has 0 N–H and O–H groups in total. The highest BCUT2D eigenvalue weighted by molar-refractivity contribution is 7.98. The zero-order chi connectivity index (χ0) is 13.0. The van der Waals surface area contributed by atoms with Gasteiger partial charge in [-0.2, -0.15) is 0 Å². The minimum Gasteiger partial charge on any atom is -0.490 e. The lowest BCUT2D eigenvalue weighted by Gasteiger charge is -2.03. The van der Waals surface area contributed by atoms with Gasteiger partial charge in [0.15, 0.2) is 0 Å². The molecule has 0 bridgehead atoms. The highest BCUT2D eigenvalue weighted by Gasteiger charge is 2.04. The van der Waals surface area contributed by atoms with E-state index in [1.807, 2.05) is 0 Å². The molecule has 3 nitrogen and oxygen atoms in total. The summed E-state index contributed by atoms with van der Waals surface area (Å²) in [6.45, 7) is 2.05. The average molecular weight is 262 g/mol. The molecule has 1 heterocycles. The van der Waals surface area contributed by atoms with Crippen molar-refractivity contribution in [2.45, 2.75) is 17.6 Å². The monoisotopic (exact) mass is 262 g/mol. The van der Waals surface area contributed by atoms with Gasteiger partial charge in [0.2, 0.25) is 11.2 Å². The molecular weight excluding hydrogens is 248 g/mol. The Bertz CT molecular complexity index is 572. The van der Waals surface area contributed by atoms with Crippen LogP contribution in [-0.2, 0) is 5.75 Å². The van der Waals surface area contributed by atoms with Crippen molar-refractivity contribution in [2.75, 3.05) is 7.11 Å². The maximum absolute atomic E-state index is 11.5. The van der Waals surface area contributed by atoms with Gasteiger partial charge in [-0.05, 0) is 19.1 Å². The van der Waals surface area contributed by atoms with Crippen LogP contribution < -0.4 is 10.2 Å². The summed E-state index contributed by atoms with van der Waals surface area (Å²) in [5, 5.41) is 0. The summed E-state index contributed by atoms with van der Waals surface area (Å²) in [5.41, 5.74) is 1.08. The summed E-state index contributed by atoms with van der Waals surface area (Å²) in [6, 6.07) is 9.71. The first-order valence-corrected chi connectivity index (χ1v) is 6.53. The van der Waals surface area contributed by atoms with Crippen LogP contribution in [0.25, 0.3) is 0 Å². The molecule has 0 aliphatic rings. The van der Waals surface area contributed by atoms with Gasteiger partial charge in [0.05, 0.1) is 12.9 Å². The fourth-order valence-electron chi connectivity index (χ4n) is 1.45. The molecule has 0 saturated carbocycles. The molecule has 0 aliphatic carbocycles. The van der Waals surface area contributed by atoms with E-state index < -0.39 is 0 Å². The van der Waals surface area contributed by atoms with E-state index in [9.17, 15) is 4.79 Å². The summed E-state index contributed by atoms with van der Waals surface area (Å²) < 4.78 is 10.2. The molecule has 1 aromatic heterocycles. The highest BCUT2D eigenvalue weighted by atomic mass is 32.2. The van der Waals surface area contributed by atoms with Crippen LogP contribution in [0, 0.1) is 6.92 Å². The third-order valence-corrected chi connectivity index (χ3v) is 3.51. The first-order valence-electron chi connectivity index (χ1n) is 5.54. The molecule has 0 unspecified atom stereocenters. The molecule has 4 heteroatoms. The fraction of sp³-hybridized carbons (Fsp3) is 0.214. The summed E-state index contributed by atoms with van der Waals surface area (Å²) in [7, 11) is 1.45.